The van der Waals surface area contributed by atoms with Crippen LogP contribution >= 0.6 is 0 Å². The lowest BCUT2D eigenvalue weighted by Crippen LogP contribution is -2.38. The Morgan fingerprint density at radius 3 is 2.68 bits per heavy atom. The Morgan fingerprint density at radius 2 is 1.97 bits per heavy atom. The summed E-state index contributed by atoms with van der Waals surface area (Å²) >= 11 is 0. The smallest absolute Gasteiger partial charge is 0.230 e. The van der Waals surface area contributed by atoms with Crippen molar-refractivity contribution in [3.05, 3.63) is 89.8 Å². The zero-order chi connectivity index (χ0) is 25.6. The molecule has 8 heteroatoms. The van der Waals surface area contributed by atoms with Gasteiger partial charge in [-0.15, -0.1) is 0 Å². The number of aromatic nitrogens is 5. The Bertz CT molecular complexity index is 1380. The van der Waals surface area contributed by atoms with Crippen molar-refractivity contribution in [2.75, 3.05) is 18.1 Å². The quantitative estimate of drug-likeness (QED) is 0.370. The summed E-state index contributed by atoms with van der Waals surface area (Å²) in [5.74, 6) is 0.0246. The molecule has 188 valence electrons. The van der Waals surface area contributed by atoms with E-state index in [2.05, 4.69) is 20.1 Å². The molecule has 8 nitrogen and oxygen atoms in total. The molecule has 4 aromatic heterocycles. The predicted octanol–water partition coefficient (Wildman–Crippen LogP) is 4.71. The number of amides is 1. The average molecular weight is 495 g/mol. The molecule has 0 radical (unpaired) electrons. The highest BCUT2D eigenvalue weighted by atomic mass is 16.5. The predicted molar refractivity (Wildman–Crippen MR) is 143 cm³/mol. The third-order valence-corrected chi connectivity index (χ3v) is 6.38. The Balaban J connectivity index is 1.42. The summed E-state index contributed by atoms with van der Waals surface area (Å²) in [5.41, 5.74) is 5.96. The Kier molecular flexibility index (Phi) is 7.46. The maximum Gasteiger partial charge on any atom is 0.230 e. The van der Waals surface area contributed by atoms with E-state index >= 15 is 0 Å². The van der Waals surface area contributed by atoms with Gasteiger partial charge in [0.05, 0.1) is 17.9 Å². The average Bonchev–Trinajstić information content (AvgIpc) is 3.38. The molecule has 1 saturated heterocycles. The van der Waals surface area contributed by atoms with Crippen LogP contribution in [0.3, 0.4) is 0 Å². The number of ether oxygens (including phenoxy) is 1. The van der Waals surface area contributed by atoms with E-state index in [-0.39, 0.29) is 11.8 Å². The summed E-state index contributed by atoms with van der Waals surface area (Å²) in [4.78, 5) is 29.1. The number of rotatable bonds is 7. The molecule has 1 aliphatic heterocycles. The molecule has 0 aliphatic carbocycles. The van der Waals surface area contributed by atoms with Crippen LogP contribution in [0.2, 0.25) is 0 Å². The fourth-order valence-electron chi connectivity index (χ4n) is 4.42. The molecule has 0 spiro atoms. The van der Waals surface area contributed by atoms with Crippen molar-refractivity contribution in [2.24, 2.45) is 13.0 Å². The molecule has 5 rings (SSSR count). The largest absolute Gasteiger partial charge is 0.381 e. The highest BCUT2D eigenvalue weighted by Gasteiger charge is 2.28. The summed E-state index contributed by atoms with van der Waals surface area (Å²) in [6, 6.07) is 13.7. The van der Waals surface area contributed by atoms with Crippen LogP contribution in [0.5, 0.6) is 0 Å². The highest BCUT2D eigenvalue weighted by molar-refractivity contribution is 5.95. The highest BCUT2D eigenvalue weighted by Crippen LogP contribution is 2.28. The molecular weight excluding hydrogens is 464 g/mol. The third kappa shape index (κ3) is 6.16. The molecule has 0 N–H and O–H groups in total. The zero-order valence-electron chi connectivity index (χ0n) is 21.1. The topological polar surface area (TPSA) is 86.0 Å². The maximum atomic E-state index is 13.8. The molecule has 1 fully saturated rings. The molecule has 1 amide bonds. The van der Waals surface area contributed by atoms with Crippen molar-refractivity contribution in [3.63, 3.8) is 0 Å². The molecule has 0 aromatic carbocycles. The van der Waals surface area contributed by atoms with Gasteiger partial charge in [0.1, 0.15) is 5.69 Å². The number of carbonyl (C=O) groups excluding carboxylic acids is 1. The Labute approximate surface area is 216 Å². The van der Waals surface area contributed by atoms with Crippen molar-refractivity contribution in [1.29, 1.82) is 0 Å². The van der Waals surface area contributed by atoms with Gasteiger partial charge in [0, 0.05) is 62.3 Å². The second-order valence-corrected chi connectivity index (χ2v) is 9.25. The summed E-state index contributed by atoms with van der Waals surface area (Å²) in [6.45, 7) is 3.58. The minimum absolute atomic E-state index is 0.0739. The second kappa shape index (κ2) is 11.3. The van der Waals surface area contributed by atoms with Crippen LogP contribution in [0, 0.1) is 12.8 Å². The van der Waals surface area contributed by atoms with Gasteiger partial charge >= 0.3 is 0 Å². The van der Waals surface area contributed by atoms with E-state index in [1.54, 1.807) is 17.1 Å². The Morgan fingerprint density at radius 1 is 1.11 bits per heavy atom. The van der Waals surface area contributed by atoms with Gasteiger partial charge in [0.15, 0.2) is 0 Å². The number of nitrogens with zero attached hydrogens (tertiary/aromatic N) is 6. The number of hydrogen-bond acceptors (Lipinski definition) is 6. The van der Waals surface area contributed by atoms with E-state index < -0.39 is 0 Å². The standard InChI is InChI=1S/C29H30N6O2/c1-21-16-26(17-28(32-21)27-9-13-34(2)33-27)35(29(36)24-10-14-37-15-11-24)20-23-6-8-25(31-19-23)7-5-22-4-3-12-30-18-22/h3-9,12-13,16-19,24H,10-11,14-15,20H2,1-2H3. The van der Waals surface area contributed by atoms with E-state index in [9.17, 15) is 4.79 Å². The van der Waals surface area contributed by atoms with Crippen LogP contribution < -0.4 is 4.90 Å². The third-order valence-electron chi connectivity index (χ3n) is 6.38. The summed E-state index contributed by atoms with van der Waals surface area (Å²) in [5, 5.41) is 4.50. The first-order valence-corrected chi connectivity index (χ1v) is 12.5. The number of hydrogen-bond donors (Lipinski definition) is 0. The Hall–Kier alpha value is -4.17. The fourth-order valence-corrected chi connectivity index (χ4v) is 4.42. The SMILES string of the molecule is Cc1cc(N(Cc2ccc(C=Cc3cccnc3)nc2)C(=O)C2CCOCC2)cc(-c2ccn(C)n2)n1. The summed E-state index contributed by atoms with van der Waals surface area (Å²) in [6.07, 6.45) is 12.7. The van der Waals surface area contributed by atoms with Gasteiger partial charge in [-0.3, -0.25) is 24.4 Å². The molecule has 5 heterocycles. The van der Waals surface area contributed by atoms with E-state index in [1.165, 1.54) is 0 Å². The van der Waals surface area contributed by atoms with Crippen molar-refractivity contribution >= 4 is 23.7 Å². The number of aryl methyl sites for hydroxylation is 2. The van der Waals surface area contributed by atoms with Gasteiger partial charge in [-0.2, -0.15) is 5.10 Å². The first-order valence-electron chi connectivity index (χ1n) is 12.5. The van der Waals surface area contributed by atoms with Gasteiger partial charge in [-0.05, 0) is 67.3 Å². The summed E-state index contributed by atoms with van der Waals surface area (Å²) < 4.78 is 7.26. The molecule has 0 saturated carbocycles. The normalized spacial score (nSPS) is 14.2. The monoisotopic (exact) mass is 494 g/mol. The van der Waals surface area contributed by atoms with Crippen LogP contribution in [0.4, 0.5) is 5.69 Å². The molecule has 1 aliphatic rings. The van der Waals surface area contributed by atoms with E-state index in [0.29, 0.717) is 19.8 Å². The molecule has 0 atom stereocenters. The van der Waals surface area contributed by atoms with Crippen molar-refractivity contribution in [2.45, 2.75) is 26.3 Å². The summed E-state index contributed by atoms with van der Waals surface area (Å²) in [7, 11) is 1.88. The lowest BCUT2D eigenvalue weighted by Gasteiger charge is -2.30. The zero-order valence-corrected chi connectivity index (χ0v) is 21.1. The van der Waals surface area contributed by atoms with Crippen LogP contribution in [-0.2, 0) is 23.1 Å². The first kappa shape index (κ1) is 24.5. The number of anilines is 1. The lowest BCUT2D eigenvalue weighted by molar-refractivity contribution is -0.125. The van der Waals surface area contributed by atoms with Gasteiger partial charge in [0.25, 0.3) is 0 Å². The van der Waals surface area contributed by atoms with Crippen molar-refractivity contribution < 1.29 is 9.53 Å². The molecule has 4 aromatic rings. The maximum absolute atomic E-state index is 13.8. The van der Waals surface area contributed by atoms with Crippen LogP contribution in [0.15, 0.2) is 67.3 Å². The van der Waals surface area contributed by atoms with E-state index in [1.807, 2.05) is 85.9 Å². The van der Waals surface area contributed by atoms with Crippen LogP contribution in [0.25, 0.3) is 23.5 Å². The van der Waals surface area contributed by atoms with Crippen LogP contribution in [0.1, 0.15) is 35.4 Å². The van der Waals surface area contributed by atoms with Crippen LogP contribution in [-0.4, -0.2) is 43.9 Å². The van der Waals surface area contributed by atoms with E-state index in [0.717, 1.165) is 52.4 Å². The van der Waals surface area contributed by atoms with Crippen molar-refractivity contribution in [3.8, 4) is 11.4 Å². The first-order chi connectivity index (χ1) is 18.0. The van der Waals surface area contributed by atoms with Gasteiger partial charge < -0.3 is 9.64 Å². The molecule has 37 heavy (non-hydrogen) atoms. The minimum atomic E-state index is -0.0739. The van der Waals surface area contributed by atoms with Gasteiger partial charge in [0.2, 0.25) is 5.91 Å². The lowest BCUT2D eigenvalue weighted by atomic mass is 9.98. The van der Waals surface area contributed by atoms with Crippen molar-refractivity contribution in [1.82, 2.24) is 24.7 Å². The minimum Gasteiger partial charge on any atom is -0.381 e. The number of carbonyl (C=O) groups is 1. The fraction of sp³-hybridized carbons (Fsp3) is 0.276. The van der Waals surface area contributed by atoms with Gasteiger partial charge in [-0.1, -0.05) is 18.2 Å². The van der Waals surface area contributed by atoms with E-state index in [4.69, 9.17) is 4.74 Å². The molecule has 0 bridgehead atoms. The molecule has 0 unspecified atom stereocenters. The second-order valence-electron chi connectivity index (χ2n) is 9.25. The number of pyridine rings is 3. The van der Waals surface area contributed by atoms with Gasteiger partial charge in [-0.25, -0.2) is 0 Å². The molecular formula is C29H30N6O2.